The van der Waals surface area contributed by atoms with Crippen LogP contribution in [0.3, 0.4) is 0 Å². The summed E-state index contributed by atoms with van der Waals surface area (Å²) in [5, 5.41) is 3.29. The van der Waals surface area contributed by atoms with Crippen LogP contribution in [-0.2, 0) is 13.1 Å². The maximum atomic E-state index is 5.40. The number of pyridine rings is 1. The summed E-state index contributed by atoms with van der Waals surface area (Å²) >= 11 is 0. The van der Waals surface area contributed by atoms with Crippen LogP contribution < -0.4 is 5.32 Å². The van der Waals surface area contributed by atoms with Gasteiger partial charge < -0.3 is 9.73 Å². The molecule has 0 atom stereocenters. The molecule has 20 heavy (non-hydrogen) atoms. The molecule has 4 nitrogen and oxygen atoms in total. The predicted molar refractivity (Wildman–Crippen MR) is 81.5 cm³/mol. The number of nitrogens with one attached hydrogen (secondary N) is 1. The van der Waals surface area contributed by atoms with Crippen molar-refractivity contribution in [2.24, 2.45) is 0 Å². The van der Waals surface area contributed by atoms with Crippen molar-refractivity contribution >= 4 is 5.82 Å². The first-order valence-corrected chi connectivity index (χ1v) is 7.25. The quantitative estimate of drug-likeness (QED) is 0.799. The first-order valence-electron chi connectivity index (χ1n) is 7.25. The summed E-state index contributed by atoms with van der Waals surface area (Å²) in [5.41, 5.74) is 1.22. The van der Waals surface area contributed by atoms with Crippen molar-refractivity contribution < 1.29 is 4.42 Å². The van der Waals surface area contributed by atoms with Crippen LogP contribution >= 0.6 is 0 Å². The molecule has 0 unspecified atom stereocenters. The van der Waals surface area contributed by atoms with Gasteiger partial charge in [0, 0.05) is 19.3 Å². The average Bonchev–Trinajstić information content (AvgIpc) is 2.99. The summed E-state index contributed by atoms with van der Waals surface area (Å²) in [6.07, 6.45) is 4.78. The van der Waals surface area contributed by atoms with E-state index in [2.05, 4.69) is 35.1 Å². The fraction of sp³-hybridized carbons (Fsp3) is 0.438. The van der Waals surface area contributed by atoms with Gasteiger partial charge in [0.15, 0.2) is 0 Å². The second-order valence-corrected chi connectivity index (χ2v) is 4.86. The van der Waals surface area contributed by atoms with Crippen molar-refractivity contribution in [1.29, 1.82) is 0 Å². The lowest BCUT2D eigenvalue weighted by atomic mass is 10.2. The summed E-state index contributed by atoms with van der Waals surface area (Å²) in [6, 6.07) is 8.12. The van der Waals surface area contributed by atoms with Gasteiger partial charge >= 0.3 is 0 Å². The normalized spacial score (nSPS) is 10.9. The molecule has 1 N–H and O–H groups in total. The Morgan fingerprint density at radius 2 is 2.10 bits per heavy atom. The van der Waals surface area contributed by atoms with Crippen molar-refractivity contribution in [1.82, 2.24) is 9.88 Å². The van der Waals surface area contributed by atoms with Crippen molar-refractivity contribution in [3.63, 3.8) is 0 Å². The minimum absolute atomic E-state index is 0.833. The van der Waals surface area contributed by atoms with Gasteiger partial charge in [0.2, 0.25) is 0 Å². The highest BCUT2D eigenvalue weighted by Crippen LogP contribution is 2.11. The monoisotopic (exact) mass is 273 g/mol. The van der Waals surface area contributed by atoms with Crippen LogP contribution in [0.2, 0.25) is 0 Å². The summed E-state index contributed by atoms with van der Waals surface area (Å²) < 4.78 is 5.40. The molecule has 2 aromatic rings. The van der Waals surface area contributed by atoms with E-state index in [0.29, 0.717) is 0 Å². The Morgan fingerprint density at radius 1 is 1.20 bits per heavy atom. The highest BCUT2D eigenvalue weighted by Gasteiger charge is 2.07. The summed E-state index contributed by atoms with van der Waals surface area (Å²) in [6.45, 7) is 7.97. The molecule has 0 saturated heterocycles. The zero-order valence-electron chi connectivity index (χ0n) is 12.3. The highest BCUT2D eigenvalue weighted by molar-refractivity contribution is 5.35. The Bertz CT molecular complexity index is 479. The molecule has 108 valence electrons. The molecule has 0 saturated carbocycles. The van der Waals surface area contributed by atoms with E-state index < -0.39 is 0 Å². The van der Waals surface area contributed by atoms with Gasteiger partial charge in [-0.25, -0.2) is 4.98 Å². The Hall–Kier alpha value is -1.81. The van der Waals surface area contributed by atoms with Gasteiger partial charge in [0.1, 0.15) is 11.6 Å². The van der Waals surface area contributed by atoms with Crippen LogP contribution in [-0.4, -0.2) is 23.0 Å². The molecule has 2 aromatic heterocycles. The minimum Gasteiger partial charge on any atom is -0.468 e. The maximum Gasteiger partial charge on any atom is 0.125 e. The molecule has 0 aliphatic rings. The van der Waals surface area contributed by atoms with Crippen LogP contribution in [0, 0.1) is 0 Å². The second-order valence-electron chi connectivity index (χ2n) is 4.86. The molecule has 4 heteroatoms. The van der Waals surface area contributed by atoms with E-state index in [1.165, 1.54) is 5.56 Å². The first kappa shape index (κ1) is 14.6. The van der Waals surface area contributed by atoms with Gasteiger partial charge in [-0.15, -0.1) is 0 Å². The molecule has 0 spiro atoms. The number of furan rings is 1. The van der Waals surface area contributed by atoms with E-state index in [0.717, 1.165) is 44.2 Å². The van der Waals surface area contributed by atoms with E-state index in [9.17, 15) is 0 Å². The van der Waals surface area contributed by atoms with Crippen molar-refractivity contribution in [3.8, 4) is 0 Å². The van der Waals surface area contributed by atoms with Crippen LogP contribution in [0.4, 0.5) is 5.82 Å². The van der Waals surface area contributed by atoms with Crippen molar-refractivity contribution in [2.45, 2.75) is 33.4 Å². The first-order chi connectivity index (χ1) is 9.81. The molecule has 0 aliphatic carbocycles. The lowest BCUT2D eigenvalue weighted by molar-refractivity contribution is 0.247. The predicted octanol–water partition coefficient (Wildman–Crippen LogP) is 3.52. The average molecular weight is 273 g/mol. The molecule has 0 radical (unpaired) electrons. The van der Waals surface area contributed by atoms with Crippen LogP contribution in [0.15, 0.2) is 41.1 Å². The third kappa shape index (κ3) is 4.38. The Labute approximate surface area is 120 Å². The number of nitrogens with zero attached hydrogens (tertiary/aromatic N) is 2. The number of anilines is 1. The Kier molecular flexibility index (Phi) is 5.62. The maximum absolute atomic E-state index is 5.40. The van der Waals surface area contributed by atoms with E-state index in [1.807, 2.05) is 24.4 Å². The minimum atomic E-state index is 0.833. The van der Waals surface area contributed by atoms with Gasteiger partial charge in [-0.1, -0.05) is 19.9 Å². The van der Waals surface area contributed by atoms with Crippen LogP contribution in [0.5, 0.6) is 0 Å². The lowest BCUT2D eigenvalue weighted by Crippen LogP contribution is -2.22. The van der Waals surface area contributed by atoms with E-state index >= 15 is 0 Å². The second kappa shape index (κ2) is 7.70. The number of hydrogen-bond acceptors (Lipinski definition) is 4. The molecule has 0 fully saturated rings. The lowest BCUT2D eigenvalue weighted by Gasteiger charge is -2.19. The van der Waals surface area contributed by atoms with Gasteiger partial charge in [-0.3, -0.25) is 4.90 Å². The zero-order valence-corrected chi connectivity index (χ0v) is 12.3. The number of aromatic nitrogens is 1. The third-order valence-corrected chi connectivity index (χ3v) is 3.19. The molecule has 0 amide bonds. The number of hydrogen-bond donors (Lipinski definition) is 1. The van der Waals surface area contributed by atoms with E-state index in [1.54, 1.807) is 6.26 Å². The fourth-order valence-electron chi connectivity index (χ4n) is 2.04. The van der Waals surface area contributed by atoms with Gasteiger partial charge in [-0.05, 0) is 36.7 Å². The molecule has 2 heterocycles. The molecule has 0 aromatic carbocycles. The molecular formula is C16H23N3O. The summed E-state index contributed by atoms with van der Waals surface area (Å²) in [7, 11) is 0. The number of rotatable bonds is 8. The SMILES string of the molecule is CCCNc1ccc(CN(CC)Cc2ccco2)cn1. The van der Waals surface area contributed by atoms with E-state index in [-0.39, 0.29) is 0 Å². The van der Waals surface area contributed by atoms with Crippen LogP contribution in [0.1, 0.15) is 31.6 Å². The summed E-state index contributed by atoms with van der Waals surface area (Å²) in [4.78, 5) is 6.77. The van der Waals surface area contributed by atoms with Crippen molar-refractivity contribution in [2.75, 3.05) is 18.4 Å². The third-order valence-electron chi connectivity index (χ3n) is 3.19. The topological polar surface area (TPSA) is 41.3 Å². The molecule has 0 bridgehead atoms. The fourth-order valence-corrected chi connectivity index (χ4v) is 2.04. The smallest absolute Gasteiger partial charge is 0.125 e. The standard InChI is InChI=1S/C16H23N3O/c1-3-9-17-16-8-7-14(11-18-16)12-19(4-2)13-15-6-5-10-20-15/h5-8,10-11H,3-4,9,12-13H2,1-2H3,(H,17,18). The van der Waals surface area contributed by atoms with Crippen molar-refractivity contribution in [3.05, 3.63) is 48.0 Å². The highest BCUT2D eigenvalue weighted by atomic mass is 16.3. The van der Waals surface area contributed by atoms with Gasteiger partial charge in [0.25, 0.3) is 0 Å². The Morgan fingerprint density at radius 3 is 2.70 bits per heavy atom. The van der Waals surface area contributed by atoms with Gasteiger partial charge in [0.05, 0.1) is 12.8 Å². The van der Waals surface area contributed by atoms with Crippen LogP contribution in [0.25, 0.3) is 0 Å². The van der Waals surface area contributed by atoms with Gasteiger partial charge in [-0.2, -0.15) is 0 Å². The molecular weight excluding hydrogens is 250 g/mol. The summed E-state index contributed by atoms with van der Waals surface area (Å²) in [5.74, 6) is 1.95. The molecule has 0 aliphatic heterocycles. The molecule has 2 rings (SSSR count). The Balaban J connectivity index is 1.90. The van der Waals surface area contributed by atoms with E-state index in [4.69, 9.17) is 4.42 Å². The zero-order chi connectivity index (χ0) is 14.2. The largest absolute Gasteiger partial charge is 0.468 e.